The van der Waals surface area contributed by atoms with E-state index >= 15 is 0 Å². The van der Waals surface area contributed by atoms with Gasteiger partial charge >= 0.3 is 5.97 Å². The van der Waals surface area contributed by atoms with Crippen LogP contribution < -0.4 is 0 Å². The van der Waals surface area contributed by atoms with Crippen LogP contribution in [0.4, 0.5) is 0 Å². The van der Waals surface area contributed by atoms with E-state index in [0.29, 0.717) is 16.0 Å². The van der Waals surface area contributed by atoms with Crippen molar-refractivity contribution in [2.75, 3.05) is 0 Å². The van der Waals surface area contributed by atoms with Crippen molar-refractivity contribution in [3.8, 4) is 0 Å². The van der Waals surface area contributed by atoms with Gasteiger partial charge < -0.3 is 9.25 Å². The summed E-state index contributed by atoms with van der Waals surface area (Å²) in [6.45, 7) is 2.00. The minimum Gasteiger partial charge on any atom is -0.463 e. The summed E-state index contributed by atoms with van der Waals surface area (Å²) in [5.41, 5.74) is 2.16. The maximum atomic E-state index is 12.5. The molecule has 6 nitrogen and oxygen atoms in total. The number of amides is 2. The van der Waals surface area contributed by atoms with Gasteiger partial charge in [-0.05, 0) is 36.2 Å². The third-order valence-corrected chi connectivity index (χ3v) is 4.20. The number of nitrogens with zero attached hydrogens (tertiary/aromatic N) is 1. The Morgan fingerprint density at radius 1 is 1.08 bits per heavy atom. The molecule has 1 aromatic heterocycles. The van der Waals surface area contributed by atoms with Crippen molar-refractivity contribution in [2.45, 2.75) is 13.3 Å². The molecule has 3 aromatic rings. The molecule has 1 aliphatic rings. The first-order valence-electron chi connectivity index (χ1n) is 7.80. The highest BCUT2D eigenvalue weighted by Gasteiger charge is 2.39. The van der Waals surface area contributed by atoms with Crippen LogP contribution in [0.5, 0.6) is 0 Å². The molecule has 25 heavy (non-hydrogen) atoms. The molecule has 2 aromatic carbocycles. The van der Waals surface area contributed by atoms with Crippen molar-refractivity contribution in [3.05, 3.63) is 71.0 Å². The van der Waals surface area contributed by atoms with E-state index in [4.69, 9.17) is 9.25 Å². The van der Waals surface area contributed by atoms with Crippen LogP contribution in [0.1, 0.15) is 43.6 Å². The highest BCUT2D eigenvalue weighted by Crippen LogP contribution is 2.26. The summed E-state index contributed by atoms with van der Waals surface area (Å²) >= 11 is 0. The molecule has 0 atom stereocenters. The number of benzene rings is 2. The lowest BCUT2D eigenvalue weighted by atomic mass is 10.1. The van der Waals surface area contributed by atoms with E-state index in [-0.39, 0.29) is 16.7 Å². The maximum Gasteiger partial charge on any atom is 0.367 e. The molecule has 4 rings (SSSR count). The Hall–Kier alpha value is -3.41. The fourth-order valence-electron chi connectivity index (χ4n) is 2.84. The van der Waals surface area contributed by atoms with Crippen molar-refractivity contribution < 1.29 is 23.6 Å². The zero-order valence-electron chi connectivity index (χ0n) is 13.3. The minimum absolute atomic E-state index is 0.168. The number of rotatable bonds is 3. The van der Waals surface area contributed by atoms with E-state index in [1.54, 1.807) is 18.2 Å². The lowest BCUT2D eigenvalue weighted by Gasteiger charge is -2.12. The lowest BCUT2D eigenvalue weighted by Crippen LogP contribution is -2.32. The lowest BCUT2D eigenvalue weighted by molar-refractivity contribution is -0.0583. The van der Waals surface area contributed by atoms with Crippen LogP contribution in [-0.2, 0) is 11.3 Å². The molecule has 0 N–H and O–H groups in total. The number of furan rings is 1. The highest BCUT2D eigenvalue weighted by molar-refractivity contribution is 6.21. The normalized spacial score (nSPS) is 13.4. The van der Waals surface area contributed by atoms with Crippen LogP contribution in [0, 0.1) is 0 Å². The molecular weight excluding hydrogens is 322 g/mol. The Balaban J connectivity index is 1.65. The van der Waals surface area contributed by atoms with E-state index in [2.05, 4.69) is 0 Å². The van der Waals surface area contributed by atoms with Gasteiger partial charge in [-0.15, -0.1) is 0 Å². The number of fused-ring (bicyclic) bond motifs is 2. The second-order valence-corrected chi connectivity index (χ2v) is 5.66. The standard InChI is InChI=1S/C19H13NO5/c1-2-11-7-8-16-14(9-11)15(10-24-16)19(23)25-20-17(21)12-5-3-4-6-13(12)18(20)22/h3-10H,2H2,1H3. The van der Waals surface area contributed by atoms with Crippen LogP contribution in [0.15, 0.2) is 53.1 Å². The molecule has 2 heterocycles. The summed E-state index contributed by atoms with van der Waals surface area (Å²) in [7, 11) is 0. The first-order valence-corrected chi connectivity index (χ1v) is 7.80. The Labute approximate surface area is 142 Å². The molecular formula is C19H13NO5. The fraction of sp³-hybridized carbons (Fsp3) is 0.105. The average molecular weight is 335 g/mol. The van der Waals surface area contributed by atoms with Crippen LogP contribution >= 0.6 is 0 Å². The van der Waals surface area contributed by atoms with Crippen LogP contribution in [0.3, 0.4) is 0 Å². The zero-order valence-corrected chi connectivity index (χ0v) is 13.3. The van der Waals surface area contributed by atoms with Gasteiger partial charge in [-0.1, -0.05) is 30.2 Å². The second-order valence-electron chi connectivity index (χ2n) is 5.66. The van der Waals surface area contributed by atoms with E-state index in [1.165, 1.54) is 18.4 Å². The summed E-state index contributed by atoms with van der Waals surface area (Å²) in [6, 6.07) is 11.8. The third kappa shape index (κ3) is 2.30. The zero-order chi connectivity index (χ0) is 17.6. The Morgan fingerprint density at radius 3 is 2.40 bits per heavy atom. The molecule has 0 bridgehead atoms. The average Bonchev–Trinajstić information content (AvgIpc) is 3.16. The van der Waals surface area contributed by atoms with Gasteiger partial charge in [-0.25, -0.2) is 4.79 Å². The molecule has 1 aliphatic heterocycles. The van der Waals surface area contributed by atoms with Crippen LogP contribution in [-0.4, -0.2) is 22.8 Å². The molecule has 2 amide bonds. The number of hydroxylamine groups is 2. The number of hydrogen-bond acceptors (Lipinski definition) is 5. The van der Waals surface area contributed by atoms with E-state index in [1.807, 2.05) is 19.1 Å². The van der Waals surface area contributed by atoms with Crippen molar-refractivity contribution in [2.24, 2.45) is 0 Å². The summed E-state index contributed by atoms with van der Waals surface area (Å²) in [4.78, 5) is 42.1. The Kier molecular flexibility index (Phi) is 3.39. The van der Waals surface area contributed by atoms with E-state index in [9.17, 15) is 14.4 Å². The molecule has 0 aliphatic carbocycles. The highest BCUT2D eigenvalue weighted by atomic mass is 16.7. The van der Waals surface area contributed by atoms with Gasteiger partial charge in [0.1, 0.15) is 17.4 Å². The van der Waals surface area contributed by atoms with Gasteiger partial charge in [-0.3, -0.25) is 9.59 Å². The smallest absolute Gasteiger partial charge is 0.367 e. The molecule has 0 saturated carbocycles. The van der Waals surface area contributed by atoms with Gasteiger partial charge in [0, 0.05) is 5.39 Å². The Bertz CT molecular complexity index is 998. The number of carbonyl (C=O) groups is 3. The number of hydrogen-bond donors (Lipinski definition) is 0. The van der Waals surface area contributed by atoms with Crippen molar-refractivity contribution >= 4 is 28.8 Å². The largest absolute Gasteiger partial charge is 0.463 e. The first kappa shape index (κ1) is 15.1. The SMILES string of the molecule is CCc1ccc2occ(C(=O)ON3C(=O)c4ccccc4C3=O)c2c1. The summed E-state index contributed by atoms with van der Waals surface area (Å²) in [5.74, 6) is -2.13. The summed E-state index contributed by atoms with van der Waals surface area (Å²) in [5, 5.41) is 1.08. The summed E-state index contributed by atoms with van der Waals surface area (Å²) in [6.07, 6.45) is 2.07. The number of aryl methyl sites for hydroxylation is 1. The molecule has 0 spiro atoms. The van der Waals surface area contributed by atoms with Gasteiger partial charge in [0.2, 0.25) is 0 Å². The van der Waals surface area contributed by atoms with E-state index in [0.717, 1.165) is 12.0 Å². The second kappa shape index (κ2) is 5.59. The number of imide groups is 1. The molecule has 0 unspecified atom stereocenters. The molecule has 0 fully saturated rings. The first-order chi connectivity index (χ1) is 12.1. The monoisotopic (exact) mass is 335 g/mol. The predicted molar refractivity (Wildman–Crippen MR) is 87.9 cm³/mol. The van der Waals surface area contributed by atoms with Gasteiger partial charge in [-0.2, -0.15) is 0 Å². The van der Waals surface area contributed by atoms with Crippen LogP contribution in [0.2, 0.25) is 0 Å². The quantitative estimate of drug-likeness (QED) is 0.686. The van der Waals surface area contributed by atoms with Crippen LogP contribution in [0.25, 0.3) is 11.0 Å². The number of carbonyl (C=O) groups excluding carboxylic acids is 3. The molecule has 0 radical (unpaired) electrons. The van der Waals surface area contributed by atoms with Crippen molar-refractivity contribution in [1.29, 1.82) is 0 Å². The molecule has 0 saturated heterocycles. The maximum absolute atomic E-state index is 12.5. The van der Waals surface area contributed by atoms with Gasteiger partial charge in [0.25, 0.3) is 11.8 Å². The molecule has 6 heteroatoms. The third-order valence-electron chi connectivity index (χ3n) is 4.20. The predicted octanol–water partition coefficient (Wildman–Crippen LogP) is 3.36. The fourth-order valence-corrected chi connectivity index (χ4v) is 2.84. The minimum atomic E-state index is -0.818. The topological polar surface area (TPSA) is 76.8 Å². The van der Waals surface area contributed by atoms with Crippen molar-refractivity contribution in [3.63, 3.8) is 0 Å². The summed E-state index contributed by atoms with van der Waals surface area (Å²) < 4.78 is 5.36. The van der Waals surface area contributed by atoms with Gasteiger partial charge in [0.05, 0.1) is 11.1 Å². The van der Waals surface area contributed by atoms with Crippen molar-refractivity contribution in [1.82, 2.24) is 5.06 Å². The Morgan fingerprint density at radius 2 is 1.76 bits per heavy atom. The van der Waals surface area contributed by atoms with Gasteiger partial charge in [0.15, 0.2) is 0 Å². The molecule has 124 valence electrons. The van der Waals surface area contributed by atoms with E-state index < -0.39 is 17.8 Å².